The van der Waals surface area contributed by atoms with E-state index in [4.69, 9.17) is 12.2 Å². The molecule has 32 heavy (non-hydrogen) atoms. The van der Waals surface area contributed by atoms with Gasteiger partial charge in [0, 0.05) is 32.7 Å². The van der Waals surface area contributed by atoms with Crippen molar-refractivity contribution in [2.45, 2.75) is 0 Å². The average molecular weight is 478 g/mol. The van der Waals surface area contributed by atoms with E-state index in [1.165, 1.54) is 0 Å². The number of thiocarbonyl (C=S) groups is 1. The molecule has 2 aromatic carbocycles. The highest BCUT2D eigenvalue weighted by Crippen LogP contribution is 2.37. The van der Waals surface area contributed by atoms with E-state index >= 15 is 0 Å². The summed E-state index contributed by atoms with van der Waals surface area (Å²) in [6.45, 7) is 0. The molecule has 4 N–H and O–H groups in total. The van der Waals surface area contributed by atoms with Crippen molar-refractivity contribution in [2.75, 3.05) is 22.8 Å². The van der Waals surface area contributed by atoms with Crippen LogP contribution in [-0.2, 0) is 4.79 Å². The molecule has 0 unspecified atom stereocenters. The molecule has 1 amide bonds. The number of benzene rings is 2. The Kier molecular flexibility index (Phi) is 5.52. The average Bonchev–Trinajstić information content (AvgIpc) is 3.45. The fourth-order valence-electron chi connectivity index (χ4n) is 3.31. The molecule has 0 atom stereocenters. The standard InChI is InChI=1S/C23H19N5OS3/c1-28(15-5-3-2-4-6-15)16-9-7-14(8-10-16)26-27-21-13-20-19(32-21)12-17(31-20)11-18-22(29)25-23(30)24-18/h2-13,26-27H,1H3,(H2,24,25,29,30)/b18-11+. The highest BCUT2D eigenvalue weighted by Gasteiger charge is 2.20. The summed E-state index contributed by atoms with van der Waals surface area (Å²) >= 11 is 8.25. The zero-order chi connectivity index (χ0) is 22.1. The predicted octanol–water partition coefficient (Wildman–Crippen LogP) is 5.51. The van der Waals surface area contributed by atoms with Crippen LogP contribution in [0.2, 0.25) is 0 Å². The predicted molar refractivity (Wildman–Crippen MR) is 140 cm³/mol. The minimum Gasteiger partial charge on any atom is -0.345 e. The maximum atomic E-state index is 11.8. The van der Waals surface area contributed by atoms with E-state index in [2.05, 4.69) is 69.8 Å². The summed E-state index contributed by atoms with van der Waals surface area (Å²) < 4.78 is 2.32. The lowest BCUT2D eigenvalue weighted by atomic mass is 10.2. The number of hydrogen-bond acceptors (Lipinski definition) is 7. The molecular formula is C23H19N5OS3. The molecule has 3 heterocycles. The highest BCUT2D eigenvalue weighted by molar-refractivity contribution is 7.80. The van der Waals surface area contributed by atoms with Crippen LogP contribution in [0.4, 0.5) is 22.1 Å². The van der Waals surface area contributed by atoms with Crippen molar-refractivity contribution in [1.29, 1.82) is 0 Å². The SMILES string of the molecule is CN(c1ccccc1)c1ccc(NNc2cc3sc(/C=C4/NC(=S)NC4=O)cc3s2)cc1. The van der Waals surface area contributed by atoms with Gasteiger partial charge in [-0.3, -0.25) is 15.5 Å². The first-order chi connectivity index (χ1) is 15.5. The van der Waals surface area contributed by atoms with Gasteiger partial charge in [0.2, 0.25) is 0 Å². The minimum absolute atomic E-state index is 0.195. The fourth-order valence-corrected chi connectivity index (χ4v) is 5.72. The first-order valence-electron chi connectivity index (χ1n) is 9.83. The maximum Gasteiger partial charge on any atom is 0.273 e. The Morgan fingerprint density at radius 1 is 0.906 bits per heavy atom. The van der Waals surface area contributed by atoms with E-state index < -0.39 is 0 Å². The van der Waals surface area contributed by atoms with Gasteiger partial charge < -0.3 is 15.6 Å². The van der Waals surface area contributed by atoms with Crippen molar-refractivity contribution >= 4 is 83.5 Å². The Hall–Kier alpha value is -3.40. The number of carbonyl (C=O) groups is 1. The number of hydrazine groups is 1. The molecule has 0 bridgehead atoms. The molecule has 0 radical (unpaired) electrons. The number of amides is 1. The topological polar surface area (TPSA) is 68.4 Å². The Morgan fingerprint density at radius 3 is 2.31 bits per heavy atom. The molecule has 2 aromatic heterocycles. The number of nitrogens with one attached hydrogen (secondary N) is 4. The molecule has 1 aliphatic rings. The number of carbonyl (C=O) groups excluding carboxylic acids is 1. The second-order valence-corrected chi connectivity index (χ2v) is 9.75. The summed E-state index contributed by atoms with van der Waals surface area (Å²) in [5, 5.41) is 6.81. The van der Waals surface area contributed by atoms with Crippen molar-refractivity contribution < 1.29 is 4.79 Å². The third-order valence-corrected chi connectivity index (χ3v) is 7.32. The van der Waals surface area contributed by atoms with Crippen molar-refractivity contribution in [3.8, 4) is 0 Å². The quantitative estimate of drug-likeness (QED) is 0.167. The van der Waals surface area contributed by atoms with E-state index in [-0.39, 0.29) is 5.91 Å². The van der Waals surface area contributed by atoms with Gasteiger partial charge in [-0.25, -0.2) is 0 Å². The minimum atomic E-state index is -0.195. The number of thiophene rings is 2. The molecule has 0 aliphatic carbocycles. The van der Waals surface area contributed by atoms with Crippen molar-refractivity contribution in [3.05, 3.63) is 77.3 Å². The summed E-state index contributed by atoms with van der Waals surface area (Å²) in [5.41, 5.74) is 10.3. The van der Waals surface area contributed by atoms with Crippen LogP contribution < -0.4 is 26.4 Å². The second kappa shape index (κ2) is 8.62. The van der Waals surface area contributed by atoms with Crippen LogP contribution >= 0.6 is 34.9 Å². The molecule has 160 valence electrons. The van der Waals surface area contributed by atoms with Gasteiger partial charge in [-0.2, -0.15) is 0 Å². The normalized spacial score (nSPS) is 14.5. The second-order valence-electron chi connectivity index (χ2n) is 7.15. The smallest absolute Gasteiger partial charge is 0.273 e. The van der Waals surface area contributed by atoms with E-state index in [9.17, 15) is 4.79 Å². The molecular weight excluding hydrogens is 458 g/mol. The Morgan fingerprint density at radius 2 is 1.62 bits per heavy atom. The third-order valence-electron chi connectivity index (χ3n) is 4.96. The third kappa shape index (κ3) is 4.31. The lowest BCUT2D eigenvalue weighted by Gasteiger charge is -2.20. The van der Waals surface area contributed by atoms with Gasteiger partial charge in [0.1, 0.15) is 10.7 Å². The molecule has 0 spiro atoms. The summed E-state index contributed by atoms with van der Waals surface area (Å²) in [6, 6.07) is 22.7. The fraction of sp³-hybridized carbons (Fsp3) is 0.0435. The zero-order valence-corrected chi connectivity index (χ0v) is 19.5. The molecule has 5 rings (SSSR count). The molecule has 1 fully saturated rings. The van der Waals surface area contributed by atoms with Gasteiger partial charge >= 0.3 is 0 Å². The van der Waals surface area contributed by atoms with E-state index in [1.807, 2.05) is 36.4 Å². The highest BCUT2D eigenvalue weighted by atomic mass is 32.1. The van der Waals surface area contributed by atoms with Crippen LogP contribution in [0.25, 0.3) is 15.5 Å². The van der Waals surface area contributed by atoms with Crippen LogP contribution in [0.5, 0.6) is 0 Å². The van der Waals surface area contributed by atoms with Crippen molar-refractivity contribution in [2.24, 2.45) is 0 Å². The Bertz CT molecular complexity index is 1290. The summed E-state index contributed by atoms with van der Waals surface area (Å²) in [4.78, 5) is 15.0. The number of nitrogens with zero attached hydrogens (tertiary/aromatic N) is 1. The summed E-state index contributed by atoms with van der Waals surface area (Å²) in [6.07, 6.45) is 1.82. The molecule has 6 nitrogen and oxygen atoms in total. The molecule has 9 heteroatoms. The number of para-hydroxylation sites is 1. The molecule has 0 saturated carbocycles. The Labute approximate surface area is 198 Å². The van der Waals surface area contributed by atoms with Crippen LogP contribution in [0.3, 0.4) is 0 Å². The first kappa shape index (κ1) is 20.5. The van der Waals surface area contributed by atoms with Crippen LogP contribution in [0.15, 0.2) is 72.4 Å². The van der Waals surface area contributed by atoms with Gasteiger partial charge in [-0.05, 0) is 66.8 Å². The lowest BCUT2D eigenvalue weighted by Crippen LogP contribution is -2.21. The number of fused-ring (bicyclic) bond motifs is 1. The first-order valence-corrected chi connectivity index (χ1v) is 11.9. The monoisotopic (exact) mass is 477 g/mol. The van der Waals surface area contributed by atoms with E-state index in [0.29, 0.717) is 10.8 Å². The van der Waals surface area contributed by atoms with Crippen LogP contribution in [0, 0.1) is 0 Å². The zero-order valence-electron chi connectivity index (χ0n) is 17.0. The molecule has 4 aromatic rings. The van der Waals surface area contributed by atoms with Crippen molar-refractivity contribution in [3.63, 3.8) is 0 Å². The summed E-state index contributed by atoms with van der Waals surface area (Å²) in [7, 11) is 2.06. The molecule has 1 aliphatic heterocycles. The van der Waals surface area contributed by atoms with Gasteiger partial charge in [0.05, 0.1) is 5.69 Å². The van der Waals surface area contributed by atoms with Gasteiger partial charge in [-0.1, -0.05) is 18.2 Å². The lowest BCUT2D eigenvalue weighted by molar-refractivity contribution is -0.115. The van der Waals surface area contributed by atoms with Crippen LogP contribution in [-0.4, -0.2) is 18.1 Å². The van der Waals surface area contributed by atoms with Gasteiger partial charge in [0.15, 0.2) is 5.11 Å². The number of rotatable bonds is 6. The molecule has 1 saturated heterocycles. The summed E-state index contributed by atoms with van der Waals surface area (Å²) in [5.74, 6) is -0.195. The largest absolute Gasteiger partial charge is 0.345 e. The van der Waals surface area contributed by atoms with Gasteiger partial charge in [0.25, 0.3) is 5.91 Å². The Balaban J connectivity index is 1.23. The van der Waals surface area contributed by atoms with Crippen molar-refractivity contribution in [1.82, 2.24) is 10.6 Å². The number of hydrogen-bond donors (Lipinski definition) is 4. The van der Waals surface area contributed by atoms with Gasteiger partial charge in [-0.15, -0.1) is 22.7 Å². The van der Waals surface area contributed by atoms with E-state index in [0.717, 1.165) is 36.3 Å². The van der Waals surface area contributed by atoms with E-state index in [1.54, 1.807) is 22.7 Å². The maximum absolute atomic E-state index is 11.8. The number of anilines is 4. The van der Waals surface area contributed by atoms with Crippen LogP contribution in [0.1, 0.15) is 4.88 Å².